The molecule has 12 heavy (non-hydrogen) atoms. The first-order chi connectivity index (χ1) is 5.74. The second kappa shape index (κ2) is 4.26. The molecular formula is C9H17N3. The van der Waals surface area contributed by atoms with Crippen molar-refractivity contribution < 1.29 is 0 Å². The average molecular weight is 167 g/mol. The predicted octanol–water partition coefficient (Wildman–Crippen LogP) is 0.961. The van der Waals surface area contributed by atoms with E-state index in [2.05, 4.69) is 21.8 Å². The van der Waals surface area contributed by atoms with Crippen LogP contribution < -0.4 is 5.32 Å². The SMILES string of the molecule is CNC(C)CCc1cncn1C. The van der Waals surface area contributed by atoms with Crippen LogP contribution in [0, 0.1) is 0 Å². The molecule has 0 aliphatic heterocycles. The Balaban J connectivity index is 2.38. The highest BCUT2D eigenvalue weighted by molar-refractivity contribution is 4.97. The van der Waals surface area contributed by atoms with Gasteiger partial charge in [-0.1, -0.05) is 0 Å². The summed E-state index contributed by atoms with van der Waals surface area (Å²) in [7, 11) is 4.03. The first-order valence-corrected chi connectivity index (χ1v) is 4.36. The maximum atomic E-state index is 4.07. The number of nitrogens with zero attached hydrogens (tertiary/aromatic N) is 2. The smallest absolute Gasteiger partial charge is 0.0945 e. The zero-order valence-corrected chi connectivity index (χ0v) is 8.04. The Morgan fingerprint density at radius 2 is 2.42 bits per heavy atom. The maximum absolute atomic E-state index is 4.07. The van der Waals surface area contributed by atoms with Gasteiger partial charge in [0.1, 0.15) is 0 Å². The van der Waals surface area contributed by atoms with E-state index in [1.54, 1.807) is 0 Å². The van der Waals surface area contributed by atoms with Gasteiger partial charge in [-0.2, -0.15) is 0 Å². The van der Waals surface area contributed by atoms with Gasteiger partial charge in [-0.25, -0.2) is 4.98 Å². The minimum absolute atomic E-state index is 0.583. The van der Waals surface area contributed by atoms with E-state index in [0.29, 0.717) is 6.04 Å². The van der Waals surface area contributed by atoms with Crippen molar-refractivity contribution in [2.45, 2.75) is 25.8 Å². The van der Waals surface area contributed by atoms with Crippen LogP contribution in [-0.2, 0) is 13.5 Å². The van der Waals surface area contributed by atoms with E-state index in [1.807, 2.05) is 26.6 Å². The first kappa shape index (κ1) is 9.26. The molecule has 0 fully saturated rings. The van der Waals surface area contributed by atoms with Gasteiger partial charge in [0.25, 0.3) is 0 Å². The monoisotopic (exact) mass is 167 g/mol. The number of hydrogen-bond donors (Lipinski definition) is 1. The fraction of sp³-hybridized carbons (Fsp3) is 0.667. The van der Waals surface area contributed by atoms with E-state index in [0.717, 1.165) is 12.8 Å². The molecule has 0 bridgehead atoms. The lowest BCUT2D eigenvalue weighted by Gasteiger charge is -2.09. The average Bonchev–Trinajstić information content (AvgIpc) is 2.47. The summed E-state index contributed by atoms with van der Waals surface area (Å²) >= 11 is 0. The molecule has 0 saturated carbocycles. The van der Waals surface area contributed by atoms with E-state index in [-0.39, 0.29) is 0 Å². The highest BCUT2D eigenvalue weighted by Crippen LogP contribution is 2.02. The summed E-state index contributed by atoms with van der Waals surface area (Å²) in [5.41, 5.74) is 1.30. The zero-order valence-electron chi connectivity index (χ0n) is 8.04. The first-order valence-electron chi connectivity index (χ1n) is 4.36. The molecule has 0 aromatic carbocycles. The van der Waals surface area contributed by atoms with Crippen molar-refractivity contribution in [2.75, 3.05) is 7.05 Å². The number of aryl methyl sites for hydroxylation is 2. The van der Waals surface area contributed by atoms with Crippen LogP contribution in [0.15, 0.2) is 12.5 Å². The summed E-state index contributed by atoms with van der Waals surface area (Å²) < 4.78 is 2.07. The molecule has 1 aromatic heterocycles. The summed E-state index contributed by atoms with van der Waals surface area (Å²) in [6.07, 6.45) is 6.04. The van der Waals surface area contributed by atoms with Gasteiger partial charge in [0.15, 0.2) is 0 Å². The highest BCUT2D eigenvalue weighted by Gasteiger charge is 2.01. The predicted molar refractivity (Wildman–Crippen MR) is 50.1 cm³/mol. The number of aromatic nitrogens is 2. The van der Waals surface area contributed by atoms with Crippen LogP contribution in [0.5, 0.6) is 0 Å². The van der Waals surface area contributed by atoms with Gasteiger partial charge in [0.05, 0.1) is 6.33 Å². The van der Waals surface area contributed by atoms with Crippen LogP contribution in [0.1, 0.15) is 19.0 Å². The van der Waals surface area contributed by atoms with Crippen molar-refractivity contribution in [3.63, 3.8) is 0 Å². The topological polar surface area (TPSA) is 29.9 Å². The van der Waals surface area contributed by atoms with E-state index < -0.39 is 0 Å². The van der Waals surface area contributed by atoms with Crippen molar-refractivity contribution in [2.24, 2.45) is 7.05 Å². The largest absolute Gasteiger partial charge is 0.338 e. The molecule has 68 valence electrons. The molecule has 0 radical (unpaired) electrons. The van der Waals surface area contributed by atoms with Gasteiger partial charge in [-0.05, 0) is 26.8 Å². The third kappa shape index (κ3) is 2.34. The second-order valence-electron chi connectivity index (χ2n) is 3.22. The number of rotatable bonds is 4. The fourth-order valence-electron chi connectivity index (χ4n) is 1.13. The van der Waals surface area contributed by atoms with E-state index in [1.165, 1.54) is 5.69 Å². The van der Waals surface area contributed by atoms with Crippen LogP contribution in [0.4, 0.5) is 0 Å². The highest BCUT2D eigenvalue weighted by atomic mass is 15.0. The Morgan fingerprint density at radius 1 is 1.67 bits per heavy atom. The Hall–Kier alpha value is -0.830. The van der Waals surface area contributed by atoms with Crippen molar-refractivity contribution in [1.29, 1.82) is 0 Å². The minimum atomic E-state index is 0.583. The molecule has 1 aromatic rings. The molecule has 0 aliphatic carbocycles. The van der Waals surface area contributed by atoms with Gasteiger partial charge < -0.3 is 9.88 Å². The number of nitrogens with one attached hydrogen (secondary N) is 1. The molecular weight excluding hydrogens is 150 g/mol. The second-order valence-corrected chi connectivity index (χ2v) is 3.22. The van der Waals surface area contributed by atoms with Gasteiger partial charge >= 0.3 is 0 Å². The summed E-state index contributed by atoms with van der Waals surface area (Å²) in [6.45, 7) is 2.19. The fourth-order valence-corrected chi connectivity index (χ4v) is 1.13. The van der Waals surface area contributed by atoms with E-state index >= 15 is 0 Å². The van der Waals surface area contributed by atoms with Crippen molar-refractivity contribution in [3.05, 3.63) is 18.2 Å². The third-order valence-corrected chi connectivity index (χ3v) is 2.24. The molecule has 0 amide bonds. The van der Waals surface area contributed by atoms with Crippen LogP contribution in [0.3, 0.4) is 0 Å². The summed E-state index contributed by atoms with van der Waals surface area (Å²) in [5, 5.41) is 3.22. The standard InChI is InChI=1S/C9H17N3/c1-8(10-2)4-5-9-6-11-7-12(9)3/h6-8,10H,4-5H2,1-3H3. The molecule has 1 unspecified atom stereocenters. The van der Waals surface area contributed by atoms with Crippen LogP contribution >= 0.6 is 0 Å². The zero-order chi connectivity index (χ0) is 8.97. The normalized spacial score (nSPS) is 13.2. The molecule has 0 saturated heterocycles. The van der Waals surface area contributed by atoms with Crippen molar-refractivity contribution in [1.82, 2.24) is 14.9 Å². The van der Waals surface area contributed by atoms with Crippen LogP contribution in [0.2, 0.25) is 0 Å². The number of imidazole rings is 1. The molecule has 1 atom stereocenters. The molecule has 3 heteroatoms. The van der Waals surface area contributed by atoms with Crippen LogP contribution in [0.25, 0.3) is 0 Å². The molecule has 1 rings (SSSR count). The minimum Gasteiger partial charge on any atom is -0.338 e. The van der Waals surface area contributed by atoms with Crippen LogP contribution in [-0.4, -0.2) is 22.6 Å². The quantitative estimate of drug-likeness (QED) is 0.724. The Labute approximate surface area is 73.8 Å². The third-order valence-electron chi connectivity index (χ3n) is 2.24. The van der Waals surface area contributed by atoms with Gasteiger partial charge in [-0.15, -0.1) is 0 Å². The Morgan fingerprint density at radius 3 is 2.92 bits per heavy atom. The van der Waals surface area contributed by atoms with Gasteiger partial charge in [-0.3, -0.25) is 0 Å². The maximum Gasteiger partial charge on any atom is 0.0945 e. The van der Waals surface area contributed by atoms with Gasteiger partial charge in [0.2, 0.25) is 0 Å². The van der Waals surface area contributed by atoms with E-state index in [4.69, 9.17) is 0 Å². The summed E-state index contributed by atoms with van der Waals surface area (Å²) in [5.74, 6) is 0. The molecule has 0 spiro atoms. The van der Waals surface area contributed by atoms with E-state index in [9.17, 15) is 0 Å². The molecule has 1 N–H and O–H groups in total. The van der Waals surface area contributed by atoms with Crippen molar-refractivity contribution in [3.8, 4) is 0 Å². The number of hydrogen-bond acceptors (Lipinski definition) is 2. The molecule has 3 nitrogen and oxygen atoms in total. The lowest BCUT2D eigenvalue weighted by atomic mass is 10.1. The lowest BCUT2D eigenvalue weighted by Crippen LogP contribution is -2.21. The molecule has 0 aliphatic rings. The van der Waals surface area contributed by atoms with Gasteiger partial charge in [0, 0.05) is 25.0 Å². The Bertz CT molecular complexity index is 229. The lowest BCUT2D eigenvalue weighted by molar-refractivity contribution is 0.556. The van der Waals surface area contributed by atoms with Crippen molar-refractivity contribution >= 4 is 0 Å². The summed E-state index contributed by atoms with van der Waals surface area (Å²) in [4.78, 5) is 4.07. The Kier molecular flexibility index (Phi) is 3.29. The summed E-state index contributed by atoms with van der Waals surface area (Å²) in [6, 6.07) is 0.583. The molecule has 1 heterocycles.